The van der Waals surface area contributed by atoms with Crippen molar-refractivity contribution in [2.24, 2.45) is 5.92 Å². The van der Waals surface area contributed by atoms with Crippen molar-refractivity contribution in [1.82, 2.24) is 29.8 Å². The van der Waals surface area contributed by atoms with E-state index in [1.165, 1.54) is 31.9 Å². The van der Waals surface area contributed by atoms with Gasteiger partial charge in [-0.3, -0.25) is 4.79 Å². The fraction of sp³-hybridized carbons (Fsp3) is 0.536. The number of aromatic amines is 1. The molecule has 0 bridgehead atoms. The Labute approximate surface area is 216 Å². The first-order chi connectivity index (χ1) is 17.3. The third-order valence-electron chi connectivity index (χ3n) is 8.21. The largest absolute Gasteiger partial charge is 0.346 e. The number of carbonyl (C=O) groups is 1. The molecule has 1 amide bonds. The van der Waals surface area contributed by atoms with Crippen LogP contribution >= 0.6 is 11.3 Å². The molecule has 4 aromatic heterocycles. The zero-order valence-corrected chi connectivity index (χ0v) is 22.7. The highest BCUT2D eigenvalue weighted by Crippen LogP contribution is 2.46. The number of rotatable bonds is 4. The number of thiophene rings is 1. The van der Waals surface area contributed by atoms with E-state index in [9.17, 15) is 4.79 Å². The molecule has 8 heteroatoms. The van der Waals surface area contributed by atoms with Crippen LogP contribution in [-0.4, -0.2) is 56.1 Å². The Hall–Kier alpha value is -2.71. The lowest BCUT2D eigenvalue weighted by Crippen LogP contribution is -2.46. The number of pyridine rings is 1. The Morgan fingerprint density at radius 1 is 1.22 bits per heavy atom. The molecule has 6 rings (SSSR count). The predicted molar refractivity (Wildman–Crippen MR) is 146 cm³/mol. The van der Waals surface area contributed by atoms with Gasteiger partial charge in [-0.15, -0.1) is 11.3 Å². The minimum Gasteiger partial charge on any atom is -0.346 e. The van der Waals surface area contributed by atoms with Crippen LogP contribution in [0.15, 0.2) is 18.6 Å². The van der Waals surface area contributed by atoms with Gasteiger partial charge >= 0.3 is 0 Å². The Kier molecular flexibility index (Phi) is 5.91. The Bertz CT molecular complexity index is 1440. The van der Waals surface area contributed by atoms with Crippen LogP contribution in [0.3, 0.4) is 0 Å². The maximum absolute atomic E-state index is 13.0. The Balaban J connectivity index is 1.29. The molecule has 0 spiro atoms. The van der Waals surface area contributed by atoms with Crippen molar-refractivity contribution in [2.45, 2.75) is 71.8 Å². The standard InChI is InChI=1S/C28H36N6OS/c1-15(2)22-23-18(5)25(19-6-8-33(9-7-19)28(35)21-10-16(3)12-29-21)36-27(23)32-24(22)20-11-17(4)26-30-14-31-34(26)13-20/h11,13-16,19,21,29,32H,6-10,12H2,1-5H3/t16-,21-/m1/s1. The van der Waals surface area contributed by atoms with Crippen molar-refractivity contribution < 1.29 is 4.79 Å². The highest BCUT2D eigenvalue weighted by Gasteiger charge is 2.34. The summed E-state index contributed by atoms with van der Waals surface area (Å²) in [4.78, 5) is 26.0. The smallest absolute Gasteiger partial charge is 0.239 e. The van der Waals surface area contributed by atoms with E-state index >= 15 is 0 Å². The van der Waals surface area contributed by atoms with Gasteiger partial charge in [0.05, 0.1) is 11.7 Å². The highest BCUT2D eigenvalue weighted by atomic mass is 32.1. The van der Waals surface area contributed by atoms with Crippen molar-refractivity contribution in [1.29, 1.82) is 0 Å². The maximum Gasteiger partial charge on any atom is 0.239 e. The van der Waals surface area contributed by atoms with Gasteiger partial charge in [0, 0.05) is 35.1 Å². The van der Waals surface area contributed by atoms with Crippen LogP contribution in [0.1, 0.15) is 73.4 Å². The Morgan fingerprint density at radius 3 is 2.69 bits per heavy atom. The molecule has 0 saturated carbocycles. The minimum absolute atomic E-state index is 0.0190. The summed E-state index contributed by atoms with van der Waals surface area (Å²) in [6, 6.07) is 2.24. The normalized spacial score (nSPS) is 21.4. The summed E-state index contributed by atoms with van der Waals surface area (Å²) in [6.07, 6.45) is 6.76. The number of aryl methyl sites for hydroxylation is 2. The van der Waals surface area contributed by atoms with Crippen molar-refractivity contribution in [3.63, 3.8) is 0 Å². The molecular formula is C28H36N6OS. The van der Waals surface area contributed by atoms with E-state index in [4.69, 9.17) is 0 Å². The molecule has 6 heterocycles. The fourth-order valence-corrected chi connectivity index (χ4v) is 7.75. The van der Waals surface area contributed by atoms with E-state index in [2.05, 4.69) is 72.2 Å². The molecule has 0 aliphatic carbocycles. The third kappa shape index (κ3) is 3.86. The molecule has 4 aromatic rings. The molecule has 0 unspecified atom stereocenters. The lowest BCUT2D eigenvalue weighted by atomic mass is 9.90. The first kappa shape index (κ1) is 23.7. The second kappa shape index (κ2) is 8.99. The maximum atomic E-state index is 13.0. The SMILES string of the molecule is Cc1c(C2CCN(C(=O)[C@H]3C[C@@H](C)CN3)CC2)sc2[nH]c(-c3cc(C)c4ncnn4c3)c(C(C)C)c12. The molecule has 36 heavy (non-hydrogen) atoms. The summed E-state index contributed by atoms with van der Waals surface area (Å²) in [7, 11) is 0. The van der Waals surface area contributed by atoms with Crippen molar-refractivity contribution in [3.8, 4) is 11.3 Å². The van der Waals surface area contributed by atoms with Crippen LogP contribution in [0.4, 0.5) is 0 Å². The summed E-state index contributed by atoms with van der Waals surface area (Å²) in [6.45, 7) is 13.9. The van der Waals surface area contributed by atoms with Gasteiger partial charge in [0.25, 0.3) is 0 Å². The van der Waals surface area contributed by atoms with Crippen molar-refractivity contribution in [2.75, 3.05) is 19.6 Å². The molecule has 2 atom stereocenters. The number of hydrogen-bond acceptors (Lipinski definition) is 5. The number of piperidine rings is 1. The van der Waals surface area contributed by atoms with Gasteiger partial charge in [-0.1, -0.05) is 20.8 Å². The summed E-state index contributed by atoms with van der Waals surface area (Å²) in [5.74, 6) is 1.81. The number of fused-ring (bicyclic) bond motifs is 2. The van der Waals surface area contributed by atoms with Gasteiger partial charge in [0.2, 0.25) is 5.91 Å². The lowest BCUT2D eigenvalue weighted by Gasteiger charge is -2.33. The number of H-pyrrole nitrogens is 1. The van der Waals surface area contributed by atoms with Gasteiger partial charge < -0.3 is 15.2 Å². The number of likely N-dealkylation sites (tertiary alicyclic amines) is 1. The van der Waals surface area contributed by atoms with E-state index in [0.717, 1.165) is 55.7 Å². The van der Waals surface area contributed by atoms with Gasteiger partial charge in [0.1, 0.15) is 11.2 Å². The first-order valence-electron chi connectivity index (χ1n) is 13.3. The van der Waals surface area contributed by atoms with Crippen LogP contribution in [0.25, 0.3) is 27.1 Å². The zero-order valence-electron chi connectivity index (χ0n) is 21.9. The van der Waals surface area contributed by atoms with Gasteiger partial charge in [-0.2, -0.15) is 5.10 Å². The number of hydrogen-bond donors (Lipinski definition) is 2. The van der Waals surface area contributed by atoms with Gasteiger partial charge in [-0.05, 0) is 80.2 Å². The predicted octanol–water partition coefficient (Wildman–Crippen LogP) is 5.38. The number of aromatic nitrogens is 4. The molecule has 7 nitrogen and oxygen atoms in total. The molecular weight excluding hydrogens is 468 g/mol. The number of carbonyl (C=O) groups excluding carboxylic acids is 1. The van der Waals surface area contributed by atoms with Crippen LogP contribution in [0.5, 0.6) is 0 Å². The molecule has 2 aliphatic rings. The second-order valence-corrected chi connectivity index (χ2v) is 12.3. The third-order valence-corrected chi connectivity index (χ3v) is 9.58. The average molecular weight is 505 g/mol. The van der Waals surface area contributed by atoms with Crippen molar-refractivity contribution >= 4 is 33.1 Å². The van der Waals surface area contributed by atoms with Crippen LogP contribution in [0, 0.1) is 19.8 Å². The molecule has 0 aromatic carbocycles. The monoisotopic (exact) mass is 504 g/mol. The molecule has 0 radical (unpaired) electrons. The van der Waals surface area contributed by atoms with E-state index < -0.39 is 0 Å². The summed E-state index contributed by atoms with van der Waals surface area (Å²) in [5, 5.41) is 9.19. The molecule has 2 aliphatic heterocycles. The van der Waals surface area contributed by atoms with E-state index in [0.29, 0.717) is 23.7 Å². The zero-order chi connectivity index (χ0) is 25.1. The number of nitrogens with zero attached hydrogens (tertiary/aromatic N) is 4. The topological polar surface area (TPSA) is 78.3 Å². The summed E-state index contributed by atoms with van der Waals surface area (Å²) < 4.78 is 1.87. The molecule has 2 saturated heterocycles. The second-order valence-electron chi connectivity index (χ2n) is 11.2. The van der Waals surface area contributed by atoms with Crippen molar-refractivity contribution in [3.05, 3.63) is 40.2 Å². The quantitative estimate of drug-likeness (QED) is 0.391. The minimum atomic E-state index is 0.0190. The van der Waals surface area contributed by atoms with E-state index in [1.807, 2.05) is 15.9 Å². The van der Waals surface area contributed by atoms with Crippen LogP contribution < -0.4 is 5.32 Å². The van der Waals surface area contributed by atoms with Crippen LogP contribution in [0.2, 0.25) is 0 Å². The van der Waals surface area contributed by atoms with E-state index in [-0.39, 0.29) is 6.04 Å². The first-order valence-corrected chi connectivity index (χ1v) is 14.1. The number of amides is 1. The number of nitrogens with one attached hydrogen (secondary N) is 2. The highest BCUT2D eigenvalue weighted by molar-refractivity contribution is 7.19. The van der Waals surface area contributed by atoms with Gasteiger partial charge in [0.15, 0.2) is 5.65 Å². The van der Waals surface area contributed by atoms with Gasteiger partial charge in [-0.25, -0.2) is 9.50 Å². The average Bonchev–Trinajstić information content (AvgIpc) is 3.63. The van der Waals surface area contributed by atoms with E-state index in [1.54, 1.807) is 6.33 Å². The molecule has 2 fully saturated rings. The van der Waals surface area contributed by atoms with Crippen LogP contribution in [-0.2, 0) is 4.79 Å². The summed E-state index contributed by atoms with van der Waals surface area (Å²) in [5.41, 5.74) is 7.17. The fourth-order valence-electron chi connectivity index (χ4n) is 6.36. The lowest BCUT2D eigenvalue weighted by molar-refractivity contribution is -0.134. The molecule has 190 valence electrons. The Morgan fingerprint density at radius 2 is 2.00 bits per heavy atom. The summed E-state index contributed by atoms with van der Waals surface area (Å²) >= 11 is 1.92. The molecule has 2 N–H and O–H groups in total.